The number of fused-ring (bicyclic) bond motifs is 7. The molecule has 4 fully saturated rings. The summed E-state index contributed by atoms with van der Waals surface area (Å²) in [4.78, 5) is 12.4. The summed E-state index contributed by atoms with van der Waals surface area (Å²) in [5.74, 6) is 0.591. The Morgan fingerprint density at radius 1 is 0.946 bits per heavy atom. The number of hydrogen-bond acceptors (Lipinski definition) is 5. The van der Waals surface area contributed by atoms with E-state index in [1.165, 1.54) is 12.5 Å². The van der Waals surface area contributed by atoms with Gasteiger partial charge in [0.1, 0.15) is 6.10 Å². The molecular weight excluding hydrogens is 464 g/mol. The van der Waals surface area contributed by atoms with Gasteiger partial charge < -0.3 is 20.1 Å². The molecule has 37 heavy (non-hydrogen) atoms. The highest BCUT2D eigenvalue weighted by molar-refractivity contribution is 5.66. The number of ether oxygens (including phenoxy) is 1. The molecule has 0 aromatic carbocycles. The lowest BCUT2D eigenvalue weighted by Gasteiger charge is -2.72. The number of hydrogen-bond donors (Lipinski definition) is 3. The van der Waals surface area contributed by atoms with Gasteiger partial charge in [-0.25, -0.2) is 0 Å². The molecular formula is C32H52O5. The highest BCUT2D eigenvalue weighted by atomic mass is 16.5. The molecule has 0 aromatic heterocycles. The van der Waals surface area contributed by atoms with Crippen molar-refractivity contribution in [3.63, 3.8) is 0 Å². The molecule has 5 rings (SSSR count). The predicted octanol–water partition coefficient (Wildman–Crippen LogP) is 5.65. The SMILES string of the molecule is CC(=O)O[C@@H]1C[C@]2(C)C(=CC[C@@H]3[C@@]4(C)CC[C@H](O)C(C)(C)[C@@H]4CC[C@]32C)[C@@H]2CC(C)(C)C[C@H](O)[C@]12CO. The zero-order valence-corrected chi connectivity index (χ0v) is 24.6. The molecule has 3 N–H and O–H groups in total. The first-order chi connectivity index (χ1) is 17.0. The molecule has 0 saturated heterocycles. The fourth-order valence-corrected chi connectivity index (χ4v) is 11.2. The molecule has 0 bridgehead atoms. The third-order valence-corrected chi connectivity index (χ3v) is 13.4. The van der Waals surface area contributed by atoms with Crippen LogP contribution in [0.3, 0.4) is 0 Å². The van der Waals surface area contributed by atoms with E-state index < -0.39 is 17.6 Å². The molecule has 5 heteroatoms. The minimum atomic E-state index is -0.853. The average Bonchev–Trinajstić information content (AvgIpc) is 2.76. The molecule has 0 heterocycles. The van der Waals surface area contributed by atoms with Crippen LogP contribution in [-0.2, 0) is 9.53 Å². The Kier molecular flexibility index (Phi) is 6.20. The minimum Gasteiger partial charge on any atom is -0.462 e. The average molecular weight is 517 g/mol. The number of allylic oxidation sites excluding steroid dienone is 2. The van der Waals surface area contributed by atoms with E-state index in [1.807, 2.05) is 0 Å². The highest BCUT2D eigenvalue weighted by Gasteiger charge is 2.71. The van der Waals surface area contributed by atoms with Crippen LogP contribution in [0.2, 0.25) is 0 Å². The second-order valence-electron chi connectivity index (χ2n) is 15.9. The van der Waals surface area contributed by atoms with Gasteiger partial charge in [-0.2, -0.15) is 0 Å². The van der Waals surface area contributed by atoms with Gasteiger partial charge in [0.05, 0.1) is 24.2 Å². The van der Waals surface area contributed by atoms with Crippen molar-refractivity contribution in [3.05, 3.63) is 11.6 Å². The molecule has 0 radical (unpaired) electrons. The fraction of sp³-hybridized carbons (Fsp3) is 0.906. The number of esters is 1. The number of aliphatic hydroxyl groups is 3. The van der Waals surface area contributed by atoms with E-state index in [2.05, 4.69) is 54.5 Å². The summed E-state index contributed by atoms with van der Waals surface area (Å²) in [6, 6.07) is 0. The minimum absolute atomic E-state index is 0.00721. The van der Waals surface area contributed by atoms with Crippen LogP contribution in [0.5, 0.6) is 0 Å². The first-order valence-corrected chi connectivity index (χ1v) is 14.8. The number of aliphatic hydroxyl groups excluding tert-OH is 3. The molecule has 0 unspecified atom stereocenters. The molecule has 5 aliphatic rings. The van der Waals surface area contributed by atoms with Crippen molar-refractivity contribution in [1.82, 2.24) is 0 Å². The fourth-order valence-electron chi connectivity index (χ4n) is 11.2. The summed E-state index contributed by atoms with van der Waals surface area (Å²) in [6.07, 6.45) is 8.21. The number of carbonyl (C=O) groups excluding carboxylic acids is 1. The topological polar surface area (TPSA) is 87.0 Å². The smallest absolute Gasteiger partial charge is 0.302 e. The van der Waals surface area contributed by atoms with Crippen LogP contribution in [0.15, 0.2) is 11.6 Å². The Hall–Kier alpha value is -0.910. The standard InChI is InChI=1S/C32H52O5/c1-19(34)37-26-17-31(8)20(21-15-27(2,3)16-25(36)32(21,26)18-33)9-10-23-29(6)13-12-24(35)28(4,5)22(29)11-14-30(23,31)7/h9,21-26,33,35-36H,10-18H2,1-8H3/t21-,22-,23+,24-,25-,26+,29-,30+,31+,32+/m0/s1. The molecule has 0 aliphatic heterocycles. The first-order valence-electron chi connectivity index (χ1n) is 14.8. The lowest BCUT2D eigenvalue weighted by molar-refractivity contribution is -0.241. The molecule has 10 atom stereocenters. The first kappa shape index (κ1) is 27.6. The van der Waals surface area contributed by atoms with E-state index >= 15 is 0 Å². The number of rotatable bonds is 2. The van der Waals surface area contributed by atoms with Gasteiger partial charge in [-0.3, -0.25) is 4.79 Å². The van der Waals surface area contributed by atoms with Crippen molar-refractivity contribution >= 4 is 5.97 Å². The van der Waals surface area contributed by atoms with E-state index in [9.17, 15) is 20.1 Å². The van der Waals surface area contributed by atoms with Crippen LogP contribution in [-0.4, -0.2) is 46.2 Å². The lowest BCUT2D eigenvalue weighted by atomic mass is 9.33. The molecule has 5 aliphatic carbocycles. The zero-order valence-electron chi connectivity index (χ0n) is 24.6. The van der Waals surface area contributed by atoms with Crippen LogP contribution in [0.1, 0.15) is 107 Å². The summed E-state index contributed by atoms with van der Waals surface area (Å²) < 4.78 is 6.09. The quantitative estimate of drug-likeness (QED) is 0.326. The van der Waals surface area contributed by atoms with Crippen molar-refractivity contribution in [2.24, 2.45) is 50.2 Å². The van der Waals surface area contributed by atoms with Gasteiger partial charge in [-0.05, 0) is 96.2 Å². The second-order valence-corrected chi connectivity index (χ2v) is 15.9. The van der Waals surface area contributed by atoms with Gasteiger partial charge in [-0.15, -0.1) is 0 Å². The molecule has 5 nitrogen and oxygen atoms in total. The van der Waals surface area contributed by atoms with E-state index in [0.29, 0.717) is 24.7 Å². The summed E-state index contributed by atoms with van der Waals surface area (Å²) in [7, 11) is 0. The van der Waals surface area contributed by atoms with Crippen LogP contribution in [0.4, 0.5) is 0 Å². The van der Waals surface area contributed by atoms with Crippen molar-refractivity contribution in [3.8, 4) is 0 Å². The van der Waals surface area contributed by atoms with Gasteiger partial charge in [0.15, 0.2) is 0 Å². The highest BCUT2D eigenvalue weighted by Crippen LogP contribution is 2.75. The monoisotopic (exact) mass is 516 g/mol. The van der Waals surface area contributed by atoms with Crippen LogP contribution < -0.4 is 0 Å². The summed E-state index contributed by atoms with van der Waals surface area (Å²) >= 11 is 0. The lowest BCUT2D eigenvalue weighted by Crippen LogP contribution is -2.69. The van der Waals surface area contributed by atoms with E-state index in [0.717, 1.165) is 38.5 Å². The van der Waals surface area contributed by atoms with Crippen LogP contribution in [0.25, 0.3) is 0 Å². The van der Waals surface area contributed by atoms with Crippen molar-refractivity contribution in [1.29, 1.82) is 0 Å². The van der Waals surface area contributed by atoms with E-state index in [4.69, 9.17) is 4.74 Å². The third kappa shape index (κ3) is 3.48. The predicted molar refractivity (Wildman–Crippen MR) is 144 cm³/mol. The summed E-state index contributed by atoms with van der Waals surface area (Å²) in [5, 5.41) is 33.5. The largest absolute Gasteiger partial charge is 0.462 e. The molecule has 0 spiro atoms. The maximum atomic E-state index is 12.4. The maximum absolute atomic E-state index is 12.4. The Morgan fingerprint density at radius 3 is 2.24 bits per heavy atom. The zero-order chi connectivity index (χ0) is 27.4. The Bertz CT molecular complexity index is 984. The van der Waals surface area contributed by atoms with Gasteiger partial charge in [0.2, 0.25) is 0 Å². The Balaban J connectivity index is 1.66. The maximum Gasteiger partial charge on any atom is 0.302 e. The van der Waals surface area contributed by atoms with Crippen molar-refractivity contribution < 1.29 is 24.9 Å². The van der Waals surface area contributed by atoms with Crippen molar-refractivity contribution in [2.75, 3.05) is 6.61 Å². The van der Waals surface area contributed by atoms with E-state index in [1.54, 1.807) is 0 Å². The second kappa shape index (κ2) is 8.30. The molecule has 0 amide bonds. The Morgan fingerprint density at radius 2 is 1.62 bits per heavy atom. The van der Waals surface area contributed by atoms with Crippen LogP contribution in [0, 0.1) is 50.2 Å². The molecule has 0 aromatic rings. The number of carbonyl (C=O) groups is 1. The normalized spacial score (nSPS) is 52.0. The molecule has 4 saturated carbocycles. The van der Waals surface area contributed by atoms with Crippen LogP contribution >= 0.6 is 0 Å². The van der Waals surface area contributed by atoms with Gasteiger partial charge in [-0.1, -0.05) is 60.1 Å². The summed E-state index contributed by atoms with van der Waals surface area (Å²) in [6.45, 7) is 17.7. The van der Waals surface area contributed by atoms with Gasteiger partial charge >= 0.3 is 5.97 Å². The third-order valence-electron chi connectivity index (χ3n) is 13.4. The summed E-state index contributed by atoms with van der Waals surface area (Å²) in [5.41, 5.74) is 0.326. The van der Waals surface area contributed by atoms with E-state index in [-0.39, 0.29) is 51.7 Å². The molecule has 210 valence electrons. The Labute approximate surface area is 224 Å². The van der Waals surface area contributed by atoms with Crippen molar-refractivity contribution in [2.45, 2.75) is 125 Å². The van der Waals surface area contributed by atoms with Gasteiger partial charge in [0.25, 0.3) is 0 Å². The van der Waals surface area contributed by atoms with Gasteiger partial charge in [0, 0.05) is 6.92 Å².